The average molecular weight is 615 g/mol. The summed E-state index contributed by atoms with van der Waals surface area (Å²) in [5, 5.41) is 21.5. The van der Waals surface area contributed by atoms with Crippen molar-refractivity contribution in [3.8, 4) is 11.5 Å². The molecule has 226 valence electrons. The Bertz CT molecular complexity index is 1790. The van der Waals surface area contributed by atoms with E-state index < -0.39 is 21.8 Å². The van der Waals surface area contributed by atoms with Crippen LogP contribution in [0.25, 0.3) is 0 Å². The number of aliphatic imine (C=N–C) groups is 2. The molecule has 5 rings (SSSR count). The Morgan fingerprint density at radius 3 is 1.13 bits per heavy atom. The highest BCUT2D eigenvalue weighted by atomic mass is 16.6. The summed E-state index contributed by atoms with van der Waals surface area (Å²) >= 11 is 0. The fourth-order valence-corrected chi connectivity index (χ4v) is 3.94. The van der Waals surface area contributed by atoms with Gasteiger partial charge in [0.05, 0.1) is 32.3 Å². The van der Waals surface area contributed by atoms with Gasteiger partial charge in [0.25, 0.3) is 11.4 Å². The zero-order valence-electron chi connectivity index (χ0n) is 23.8. The number of nitro benzene ring substituents is 2. The normalized spacial score (nSPS) is 11.0. The van der Waals surface area contributed by atoms with Crippen LogP contribution in [0.15, 0.2) is 131 Å². The zero-order valence-corrected chi connectivity index (χ0v) is 23.8. The van der Waals surface area contributed by atoms with Gasteiger partial charge in [-0.2, -0.15) is 0 Å². The number of esters is 2. The van der Waals surface area contributed by atoms with E-state index in [2.05, 4.69) is 9.98 Å². The molecule has 46 heavy (non-hydrogen) atoms. The lowest BCUT2D eigenvalue weighted by Crippen LogP contribution is -2.11. The van der Waals surface area contributed by atoms with Gasteiger partial charge in [-0.3, -0.25) is 30.2 Å². The lowest BCUT2D eigenvalue weighted by atomic mass is 10.1. The van der Waals surface area contributed by atoms with Crippen LogP contribution in [0.2, 0.25) is 0 Å². The molecule has 0 saturated heterocycles. The van der Waals surface area contributed by atoms with E-state index in [1.165, 1.54) is 48.5 Å². The van der Waals surface area contributed by atoms with Crippen LogP contribution in [0.4, 0.5) is 22.7 Å². The van der Waals surface area contributed by atoms with Crippen molar-refractivity contribution in [2.24, 2.45) is 9.98 Å². The molecule has 0 aliphatic rings. The third kappa shape index (κ3) is 8.17. The van der Waals surface area contributed by atoms with E-state index in [4.69, 9.17) is 9.47 Å². The first-order valence-corrected chi connectivity index (χ1v) is 13.6. The van der Waals surface area contributed by atoms with Gasteiger partial charge in [-0.05, 0) is 108 Å². The highest BCUT2D eigenvalue weighted by Crippen LogP contribution is 2.21. The van der Waals surface area contributed by atoms with Crippen LogP contribution in [-0.2, 0) is 0 Å². The molecular weight excluding hydrogens is 592 g/mol. The minimum Gasteiger partial charge on any atom is -0.423 e. The Balaban J connectivity index is 1.12. The first-order chi connectivity index (χ1) is 22.2. The van der Waals surface area contributed by atoms with Gasteiger partial charge in [-0.1, -0.05) is 0 Å². The molecule has 0 spiro atoms. The molecule has 12 heteroatoms. The molecule has 12 nitrogen and oxygen atoms in total. The summed E-state index contributed by atoms with van der Waals surface area (Å²) < 4.78 is 10.8. The lowest BCUT2D eigenvalue weighted by molar-refractivity contribution is -0.385. The topological polar surface area (TPSA) is 164 Å². The third-order valence-electron chi connectivity index (χ3n) is 6.38. The molecular formula is C34H22N4O8. The predicted molar refractivity (Wildman–Crippen MR) is 170 cm³/mol. The zero-order chi connectivity index (χ0) is 32.5. The van der Waals surface area contributed by atoms with Crippen molar-refractivity contribution in [1.29, 1.82) is 0 Å². The number of nitro groups is 2. The van der Waals surface area contributed by atoms with E-state index >= 15 is 0 Å². The summed E-state index contributed by atoms with van der Waals surface area (Å²) in [6.07, 6.45) is 3.16. The summed E-state index contributed by atoms with van der Waals surface area (Å²) in [4.78, 5) is 54.4. The molecule has 0 N–H and O–H groups in total. The number of carbonyl (C=O) groups excluding carboxylic acids is 2. The Hall–Kier alpha value is -6.82. The minimum atomic E-state index is -0.613. The third-order valence-corrected chi connectivity index (χ3v) is 6.38. The van der Waals surface area contributed by atoms with Crippen molar-refractivity contribution in [2.45, 2.75) is 0 Å². The van der Waals surface area contributed by atoms with Crippen LogP contribution < -0.4 is 9.47 Å². The van der Waals surface area contributed by atoms with Gasteiger partial charge >= 0.3 is 11.9 Å². The van der Waals surface area contributed by atoms with E-state index in [1.807, 2.05) is 0 Å². The molecule has 0 radical (unpaired) electrons. The molecule has 0 bridgehead atoms. The van der Waals surface area contributed by atoms with Gasteiger partial charge < -0.3 is 9.47 Å². The van der Waals surface area contributed by atoms with Crippen molar-refractivity contribution in [3.05, 3.63) is 164 Å². The fraction of sp³-hybridized carbons (Fsp3) is 0. The monoisotopic (exact) mass is 614 g/mol. The van der Waals surface area contributed by atoms with Crippen LogP contribution in [-0.4, -0.2) is 34.2 Å². The van der Waals surface area contributed by atoms with Crippen molar-refractivity contribution in [1.82, 2.24) is 0 Å². The maximum atomic E-state index is 12.6. The summed E-state index contributed by atoms with van der Waals surface area (Å²) in [7, 11) is 0. The number of nitrogens with zero attached hydrogens (tertiary/aromatic N) is 4. The molecule has 5 aromatic rings. The summed E-state index contributed by atoms with van der Waals surface area (Å²) in [6, 6.07) is 30.7. The van der Waals surface area contributed by atoms with E-state index in [-0.39, 0.29) is 22.5 Å². The van der Waals surface area contributed by atoms with Crippen LogP contribution in [0.1, 0.15) is 31.8 Å². The fourth-order valence-electron chi connectivity index (χ4n) is 3.94. The van der Waals surface area contributed by atoms with Crippen LogP contribution in [0.5, 0.6) is 11.5 Å². The molecule has 0 aliphatic heterocycles. The first-order valence-electron chi connectivity index (χ1n) is 13.6. The van der Waals surface area contributed by atoms with Gasteiger partial charge in [0.2, 0.25) is 0 Å². The van der Waals surface area contributed by atoms with Gasteiger partial charge in [-0.25, -0.2) is 9.59 Å². The summed E-state index contributed by atoms with van der Waals surface area (Å²) in [6.45, 7) is 0. The Labute approximate surface area is 261 Å². The summed E-state index contributed by atoms with van der Waals surface area (Å²) in [5.74, 6) is -0.610. The Morgan fingerprint density at radius 2 is 0.826 bits per heavy atom. The van der Waals surface area contributed by atoms with Crippen molar-refractivity contribution in [2.75, 3.05) is 0 Å². The lowest BCUT2D eigenvalue weighted by Gasteiger charge is -2.07. The van der Waals surface area contributed by atoms with Crippen LogP contribution >= 0.6 is 0 Å². The highest BCUT2D eigenvalue weighted by molar-refractivity contribution is 5.95. The SMILES string of the molecule is O=C(Oc1ccc(C=Nc2ccc([N+](=O)[O-])cc2)cc1)c1ccc(C(=O)Oc2ccc(C=Nc3ccc([N+](=O)[O-])cc3)cc2)cc1. The first kappa shape index (κ1) is 30.6. The number of carbonyl (C=O) groups is 2. The van der Waals surface area contributed by atoms with E-state index in [0.29, 0.717) is 22.9 Å². The van der Waals surface area contributed by atoms with Gasteiger partial charge in [0.15, 0.2) is 0 Å². The van der Waals surface area contributed by atoms with Crippen molar-refractivity contribution < 1.29 is 28.9 Å². The van der Waals surface area contributed by atoms with E-state index in [9.17, 15) is 29.8 Å². The largest absolute Gasteiger partial charge is 0.423 e. The molecule has 0 fully saturated rings. The van der Waals surface area contributed by atoms with Crippen LogP contribution in [0, 0.1) is 20.2 Å². The number of rotatable bonds is 10. The molecule has 0 amide bonds. The Kier molecular flexibility index (Phi) is 9.39. The molecule has 0 unspecified atom stereocenters. The van der Waals surface area contributed by atoms with Crippen molar-refractivity contribution >= 4 is 47.1 Å². The van der Waals surface area contributed by atoms with Crippen LogP contribution in [0.3, 0.4) is 0 Å². The maximum absolute atomic E-state index is 12.6. The molecule has 5 aromatic carbocycles. The second-order valence-corrected chi connectivity index (χ2v) is 9.56. The highest BCUT2D eigenvalue weighted by Gasteiger charge is 2.13. The maximum Gasteiger partial charge on any atom is 0.343 e. The molecule has 0 heterocycles. The summed E-state index contributed by atoms with van der Waals surface area (Å²) in [5.41, 5.74) is 2.99. The number of benzene rings is 5. The molecule has 0 aliphatic carbocycles. The molecule has 0 saturated carbocycles. The smallest absolute Gasteiger partial charge is 0.343 e. The van der Waals surface area contributed by atoms with Gasteiger partial charge in [-0.15, -0.1) is 0 Å². The standard InChI is InChI=1S/C34H22N4O8/c39-33(45-31-17-1-23(2-18-31)21-35-27-9-13-29(14-10-27)37(41)42)25-5-7-26(8-6-25)34(40)46-32-19-3-24(4-20-32)22-36-28-11-15-30(16-12-28)38(43)44/h1-22H. The van der Waals surface area contributed by atoms with E-state index in [0.717, 1.165) is 11.1 Å². The second kappa shape index (κ2) is 14.1. The van der Waals surface area contributed by atoms with Gasteiger partial charge in [0, 0.05) is 36.7 Å². The minimum absolute atomic E-state index is 0.0193. The van der Waals surface area contributed by atoms with Gasteiger partial charge in [0.1, 0.15) is 11.5 Å². The molecule has 0 aromatic heterocycles. The molecule has 0 atom stereocenters. The second-order valence-electron chi connectivity index (χ2n) is 9.56. The average Bonchev–Trinajstić information content (AvgIpc) is 3.08. The number of ether oxygens (including phenoxy) is 2. The Morgan fingerprint density at radius 1 is 0.500 bits per heavy atom. The number of hydrogen-bond donors (Lipinski definition) is 0. The quantitative estimate of drug-likeness (QED) is 0.0515. The predicted octanol–water partition coefficient (Wildman–Crippen LogP) is 7.44. The number of non-ortho nitro benzene ring substituents is 2. The number of hydrogen-bond acceptors (Lipinski definition) is 10. The van der Waals surface area contributed by atoms with Crippen molar-refractivity contribution in [3.63, 3.8) is 0 Å². The van der Waals surface area contributed by atoms with E-state index in [1.54, 1.807) is 85.2 Å².